The number of rotatable bonds is 8. The van der Waals surface area contributed by atoms with Gasteiger partial charge in [0.2, 0.25) is 0 Å². The van der Waals surface area contributed by atoms with Crippen LogP contribution in [-0.4, -0.2) is 19.4 Å². The average Bonchev–Trinajstić information content (AvgIpc) is 3.35. The van der Waals surface area contributed by atoms with Crippen molar-refractivity contribution in [1.29, 1.82) is 0 Å². The summed E-state index contributed by atoms with van der Waals surface area (Å²) in [6, 6.07) is 14.0. The Kier molecular flexibility index (Phi) is 6.35. The zero-order chi connectivity index (χ0) is 26.8. The highest BCUT2D eigenvalue weighted by Crippen LogP contribution is 2.31. The minimum absolute atomic E-state index is 0.129. The van der Waals surface area contributed by atoms with Gasteiger partial charge in [0.25, 0.3) is 0 Å². The zero-order valence-electron chi connectivity index (χ0n) is 19.1. The lowest BCUT2D eigenvalue weighted by Gasteiger charge is -2.11. The van der Waals surface area contributed by atoms with Crippen LogP contribution in [0, 0.1) is 11.6 Å². The number of H-pyrrole nitrogens is 2. The highest BCUT2D eigenvalue weighted by Gasteiger charge is 2.12. The predicted molar refractivity (Wildman–Crippen MR) is 125 cm³/mol. The van der Waals surface area contributed by atoms with Gasteiger partial charge in [0.15, 0.2) is 23.1 Å². The molecule has 2 aromatic heterocycles. The molecule has 14 heteroatoms. The van der Waals surface area contributed by atoms with Crippen LogP contribution in [0.1, 0.15) is 11.1 Å². The van der Waals surface area contributed by atoms with Crippen molar-refractivity contribution in [3.05, 3.63) is 125 Å². The van der Waals surface area contributed by atoms with Crippen molar-refractivity contribution in [2.24, 2.45) is 0 Å². The van der Waals surface area contributed by atoms with Crippen LogP contribution in [0.25, 0.3) is 0 Å². The number of halogens is 2. The maximum atomic E-state index is 14.6. The van der Waals surface area contributed by atoms with Crippen LogP contribution in [0.15, 0.2) is 88.9 Å². The maximum absolute atomic E-state index is 14.6. The first-order valence-electron chi connectivity index (χ1n) is 10.9. The van der Waals surface area contributed by atoms with E-state index in [-0.39, 0.29) is 36.1 Å². The number of nitrogens with one attached hydrogen (secondary N) is 2. The molecule has 0 saturated heterocycles. The summed E-state index contributed by atoms with van der Waals surface area (Å²) in [6.45, 7) is -0.336. The molecule has 0 aliphatic heterocycles. The topological polar surface area (TPSA) is 154 Å². The van der Waals surface area contributed by atoms with Gasteiger partial charge in [-0.25, -0.2) is 37.9 Å². The third-order valence-corrected chi connectivity index (χ3v) is 5.16. The van der Waals surface area contributed by atoms with E-state index < -0.39 is 34.5 Å². The van der Waals surface area contributed by atoms with Crippen molar-refractivity contribution in [3.63, 3.8) is 0 Å². The fraction of sp³-hybridized carbons (Fsp3) is 0.0833. The number of hydrogen-bond acceptors (Lipinski definition) is 8. The van der Waals surface area contributed by atoms with Crippen LogP contribution in [0.3, 0.4) is 0 Å². The molecule has 0 fully saturated rings. The summed E-state index contributed by atoms with van der Waals surface area (Å²) >= 11 is 0. The van der Waals surface area contributed by atoms with Gasteiger partial charge in [0, 0.05) is 6.07 Å². The third-order valence-electron chi connectivity index (χ3n) is 5.16. The Hall–Kier alpha value is -5.40. The van der Waals surface area contributed by atoms with Crippen molar-refractivity contribution in [2.45, 2.75) is 13.1 Å². The smallest absolute Gasteiger partial charge is 0.440 e. The molecule has 0 aliphatic rings. The van der Waals surface area contributed by atoms with Gasteiger partial charge in [-0.1, -0.05) is 18.2 Å². The third kappa shape index (κ3) is 5.38. The van der Waals surface area contributed by atoms with E-state index in [9.17, 15) is 28.0 Å². The van der Waals surface area contributed by atoms with Crippen molar-refractivity contribution in [2.75, 3.05) is 0 Å². The monoisotopic (exact) mass is 526 g/mol. The molecule has 0 aliphatic carbocycles. The van der Waals surface area contributed by atoms with Gasteiger partial charge in [-0.15, -0.1) is 9.48 Å². The van der Waals surface area contributed by atoms with Gasteiger partial charge in [0.05, 0.1) is 13.1 Å². The lowest BCUT2D eigenvalue weighted by atomic mass is 10.2. The summed E-state index contributed by atoms with van der Waals surface area (Å²) in [6.07, 6.45) is 0. The van der Waals surface area contributed by atoms with Crippen molar-refractivity contribution in [1.82, 2.24) is 19.4 Å². The van der Waals surface area contributed by atoms with E-state index in [1.54, 1.807) is 6.07 Å². The van der Waals surface area contributed by atoms with Crippen LogP contribution in [-0.2, 0) is 13.1 Å². The summed E-state index contributed by atoms with van der Waals surface area (Å²) in [5.41, 5.74) is -0.829. The normalized spacial score (nSPS) is 11.0. The van der Waals surface area contributed by atoms with Gasteiger partial charge < -0.3 is 18.5 Å². The Labute approximate surface area is 208 Å². The maximum Gasteiger partial charge on any atom is 0.440 e. The summed E-state index contributed by atoms with van der Waals surface area (Å²) in [4.78, 5) is 49.2. The molecule has 2 heterocycles. The second-order valence-corrected chi connectivity index (χ2v) is 7.90. The number of benzene rings is 3. The van der Waals surface area contributed by atoms with E-state index in [0.29, 0.717) is 11.1 Å². The van der Waals surface area contributed by atoms with Crippen molar-refractivity contribution >= 4 is 0 Å². The minimum Gasteiger partial charge on any atom is -0.454 e. The summed E-state index contributed by atoms with van der Waals surface area (Å²) in [5.74, 6) is -3.18. The van der Waals surface area contributed by atoms with Gasteiger partial charge in [-0.2, -0.15) is 0 Å². The molecule has 38 heavy (non-hydrogen) atoms. The molecular formula is C24H16F2N4O8. The van der Waals surface area contributed by atoms with E-state index in [0.717, 1.165) is 21.6 Å². The SMILES string of the molecule is O=c1[nH]c(=O)n(Cc2ccc(Oc3cccc(Oc4ccc(Cn5oc(=O)[nH]c5=O)cc4F)c3)c(F)c2)o1. The minimum atomic E-state index is -0.920. The van der Waals surface area contributed by atoms with Crippen molar-refractivity contribution in [3.8, 4) is 23.0 Å². The van der Waals surface area contributed by atoms with Crippen LogP contribution in [0.5, 0.6) is 23.0 Å². The van der Waals surface area contributed by atoms with Crippen LogP contribution in [0.2, 0.25) is 0 Å². The molecule has 0 amide bonds. The molecule has 0 atom stereocenters. The molecule has 5 aromatic rings. The van der Waals surface area contributed by atoms with Gasteiger partial charge in [0.1, 0.15) is 11.5 Å². The Balaban J connectivity index is 1.27. The zero-order valence-corrected chi connectivity index (χ0v) is 19.1. The molecule has 0 bridgehead atoms. The molecular weight excluding hydrogens is 510 g/mol. The van der Waals surface area contributed by atoms with E-state index in [1.807, 2.05) is 9.97 Å². The quantitative estimate of drug-likeness (QED) is 0.313. The lowest BCUT2D eigenvalue weighted by molar-refractivity contribution is 0.257. The summed E-state index contributed by atoms with van der Waals surface area (Å²) < 4.78 is 51.2. The highest BCUT2D eigenvalue weighted by atomic mass is 19.1. The standard InChI is InChI=1S/C24H16F2N4O8/c25-17-8-13(11-29-21(31)27-23(33)37-29)4-6-19(17)35-15-2-1-3-16(10-15)36-20-7-5-14(9-18(20)26)12-30-22(32)28-24(34)38-30/h1-10H,11-12H2,(H,27,31,33)(H,28,32,34). The molecule has 12 nitrogen and oxygen atoms in total. The summed E-state index contributed by atoms with van der Waals surface area (Å²) in [5, 5.41) is 0. The molecule has 2 N–H and O–H groups in total. The molecule has 0 radical (unpaired) electrons. The van der Waals surface area contributed by atoms with Crippen LogP contribution < -0.4 is 32.4 Å². The van der Waals surface area contributed by atoms with E-state index in [2.05, 4.69) is 9.05 Å². The number of ether oxygens (including phenoxy) is 2. The number of nitrogens with zero attached hydrogens (tertiary/aromatic N) is 2. The number of aromatic nitrogens is 4. The first kappa shape index (κ1) is 24.3. The van der Waals surface area contributed by atoms with E-state index in [1.165, 1.54) is 42.5 Å². The fourth-order valence-electron chi connectivity index (χ4n) is 3.47. The van der Waals surface area contributed by atoms with Crippen LogP contribution in [0.4, 0.5) is 8.78 Å². The Bertz CT molecular complexity index is 1730. The van der Waals surface area contributed by atoms with Crippen LogP contribution >= 0.6 is 0 Å². The Morgan fingerprint density at radius 2 is 1.11 bits per heavy atom. The Morgan fingerprint density at radius 1 is 0.658 bits per heavy atom. The van der Waals surface area contributed by atoms with Gasteiger partial charge in [-0.3, -0.25) is 0 Å². The first-order valence-corrected chi connectivity index (χ1v) is 10.9. The largest absolute Gasteiger partial charge is 0.454 e. The molecule has 5 rings (SSSR count). The molecule has 0 saturated carbocycles. The van der Waals surface area contributed by atoms with E-state index >= 15 is 0 Å². The average molecular weight is 526 g/mol. The van der Waals surface area contributed by atoms with Gasteiger partial charge >= 0.3 is 22.9 Å². The first-order chi connectivity index (χ1) is 18.2. The van der Waals surface area contributed by atoms with E-state index in [4.69, 9.17) is 9.47 Å². The Morgan fingerprint density at radius 3 is 1.47 bits per heavy atom. The second-order valence-electron chi connectivity index (χ2n) is 7.90. The predicted octanol–water partition coefficient (Wildman–Crippen LogP) is 2.53. The molecule has 194 valence electrons. The number of aromatic amines is 2. The molecule has 3 aromatic carbocycles. The van der Waals surface area contributed by atoms with Gasteiger partial charge in [-0.05, 0) is 47.5 Å². The molecule has 0 unspecified atom stereocenters. The summed E-state index contributed by atoms with van der Waals surface area (Å²) in [7, 11) is 0. The van der Waals surface area contributed by atoms with Crippen molar-refractivity contribution < 1.29 is 27.3 Å². The highest BCUT2D eigenvalue weighted by molar-refractivity contribution is 5.41. The fourth-order valence-corrected chi connectivity index (χ4v) is 3.47. The molecule has 0 spiro atoms. The number of hydrogen-bond donors (Lipinski definition) is 2. The lowest BCUT2D eigenvalue weighted by Crippen LogP contribution is -2.17. The second kappa shape index (κ2) is 9.93.